The second-order valence-corrected chi connectivity index (χ2v) is 9.21. The summed E-state index contributed by atoms with van der Waals surface area (Å²) in [5.74, 6) is 0.828. The Balaban J connectivity index is 1.60. The quantitative estimate of drug-likeness (QED) is 0.681. The van der Waals surface area contributed by atoms with Crippen molar-refractivity contribution in [2.24, 2.45) is 5.92 Å². The highest BCUT2D eigenvalue weighted by Gasteiger charge is 2.24. The number of carbonyl (C=O) groups excluding carboxylic acids is 2. The monoisotopic (exact) mass is 445 g/mol. The molecule has 1 fully saturated rings. The largest absolute Gasteiger partial charge is 0.497 e. The van der Waals surface area contributed by atoms with Crippen molar-refractivity contribution < 1.29 is 22.7 Å². The number of nitrogens with one attached hydrogen (secondary N) is 2. The van der Waals surface area contributed by atoms with Gasteiger partial charge in [0.2, 0.25) is 5.91 Å². The lowest BCUT2D eigenvalue weighted by atomic mass is 9.96. The van der Waals surface area contributed by atoms with E-state index in [9.17, 15) is 18.0 Å². The van der Waals surface area contributed by atoms with Crippen molar-refractivity contribution in [2.75, 3.05) is 31.5 Å². The molecule has 0 aromatic heterocycles. The van der Waals surface area contributed by atoms with E-state index in [-0.39, 0.29) is 16.7 Å². The van der Waals surface area contributed by atoms with Crippen molar-refractivity contribution in [1.29, 1.82) is 0 Å². The van der Waals surface area contributed by atoms with Crippen LogP contribution < -0.4 is 14.8 Å². The number of hydrogen-bond acceptors (Lipinski definition) is 5. The Morgan fingerprint density at radius 2 is 1.65 bits per heavy atom. The van der Waals surface area contributed by atoms with Gasteiger partial charge in [-0.15, -0.1) is 0 Å². The van der Waals surface area contributed by atoms with E-state index in [1.54, 1.807) is 29.2 Å². The van der Waals surface area contributed by atoms with Crippen molar-refractivity contribution >= 4 is 27.5 Å². The van der Waals surface area contributed by atoms with Crippen LogP contribution in [0.4, 0.5) is 5.69 Å². The molecule has 0 atom stereocenters. The maximum absolute atomic E-state index is 12.8. The van der Waals surface area contributed by atoms with Gasteiger partial charge >= 0.3 is 0 Å². The summed E-state index contributed by atoms with van der Waals surface area (Å²) in [6.45, 7) is 3.35. The molecule has 0 spiro atoms. The molecule has 0 aliphatic carbocycles. The molecule has 2 aromatic rings. The van der Waals surface area contributed by atoms with Crippen LogP contribution in [0.1, 0.15) is 30.1 Å². The molecule has 0 saturated carbocycles. The molecule has 1 saturated heterocycles. The van der Waals surface area contributed by atoms with Gasteiger partial charge in [-0.3, -0.25) is 14.3 Å². The third-order valence-corrected chi connectivity index (χ3v) is 6.69. The van der Waals surface area contributed by atoms with Crippen LogP contribution in [0.2, 0.25) is 0 Å². The van der Waals surface area contributed by atoms with Crippen LogP contribution in [0, 0.1) is 5.92 Å². The minimum Gasteiger partial charge on any atom is -0.497 e. The van der Waals surface area contributed by atoms with Crippen molar-refractivity contribution in [3.8, 4) is 5.75 Å². The lowest BCUT2D eigenvalue weighted by Gasteiger charge is -2.32. The Kier molecular flexibility index (Phi) is 7.17. The van der Waals surface area contributed by atoms with E-state index in [1.807, 2.05) is 0 Å². The van der Waals surface area contributed by atoms with Gasteiger partial charge in [0.15, 0.2) is 0 Å². The number of benzene rings is 2. The second kappa shape index (κ2) is 9.82. The van der Waals surface area contributed by atoms with E-state index in [2.05, 4.69) is 10.0 Å². The van der Waals surface area contributed by atoms with Gasteiger partial charge in [-0.1, -0.05) is 0 Å². The summed E-state index contributed by atoms with van der Waals surface area (Å²) < 4.78 is 32.8. The van der Waals surface area contributed by atoms with Gasteiger partial charge in [0.1, 0.15) is 5.75 Å². The van der Waals surface area contributed by atoms with Crippen molar-refractivity contribution in [3.05, 3.63) is 54.1 Å². The lowest BCUT2D eigenvalue weighted by Crippen LogP contribution is -2.41. The predicted molar refractivity (Wildman–Crippen MR) is 118 cm³/mol. The fourth-order valence-electron chi connectivity index (χ4n) is 3.46. The molecular weight excluding hydrogens is 418 g/mol. The molecule has 31 heavy (non-hydrogen) atoms. The molecule has 9 heteroatoms. The first-order valence-electron chi connectivity index (χ1n) is 10.1. The zero-order valence-corrected chi connectivity index (χ0v) is 18.4. The molecule has 2 amide bonds. The van der Waals surface area contributed by atoms with E-state index in [1.165, 1.54) is 38.3 Å². The van der Waals surface area contributed by atoms with Gasteiger partial charge in [-0.2, -0.15) is 0 Å². The summed E-state index contributed by atoms with van der Waals surface area (Å²) >= 11 is 0. The molecule has 3 rings (SSSR count). The van der Waals surface area contributed by atoms with Gasteiger partial charge < -0.3 is 15.0 Å². The summed E-state index contributed by atoms with van der Waals surface area (Å²) in [7, 11) is -2.23. The van der Waals surface area contributed by atoms with Crippen LogP contribution in [-0.2, 0) is 14.8 Å². The number of carbonyl (C=O) groups is 2. The van der Waals surface area contributed by atoms with E-state index < -0.39 is 10.0 Å². The van der Waals surface area contributed by atoms with Gasteiger partial charge in [0.25, 0.3) is 15.9 Å². The summed E-state index contributed by atoms with van der Waals surface area (Å²) in [4.78, 5) is 25.7. The highest BCUT2D eigenvalue weighted by molar-refractivity contribution is 7.92. The zero-order valence-electron chi connectivity index (χ0n) is 17.6. The van der Waals surface area contributed by atoms with Crippen LogP contribution in [0.5, 0.6) is 5.75 Å². The van der Waals surface area contributed by atoms with Gasteiger partial charge in [0, 0.05) is 37.8 Å². The van der Waals surface area contributed by atoms with Crippen molar-refractivity contribution in [2.45, 2.75) is 24.7 Å². The number of amides is 2. The second-order valence-electron chi connectivity index (χ2n) is 7.53. The van der Waals surface area contributed by atoms with E-state index in [0.717, 1.165) is 12.8 Å². The van der Waals surface area contributed by atoms with Gasteiger partial charge in [-0.05, 0) is 67.3 Å². The van der Waals surface area contributed by atoms with Gasteiger partial charge in [0.05, 0.1) is 12.0 Å². The zero-order chi connectivity index (χ0) is 22.4. The van der Waals surface area contributed by atoms with Crippen LogP contribution in [0.3, 0.4) is 0 Å². The summed E-state index contributed by atoms with van der Waals surface area (Å²) in [5.41, 5.74) is 0.867. The number of hydrogen-bond donors (Lipinski definition) is 2. The Labute approximate surface area is 182 Å². The highest BCUT2D eigenvalue weighted by Crippen LogP contribution is 2.22. The Bertz CT molecular complexity index is 1010. The first kappa shape index (κ1) is 22.6. The maximum Gasteiger partial charge on any atom is 0.261 e. The first-order valence-corrected chi connectivity index (χ1v) is 11.6. The molecule has 1 aliphatic heterocycles. The molecule has 0 radical (unpaired) electrons. The fraction of sp³-hybridized carbons (Fsp3) is 0.364. The van der Waals surface area contributed by atoms with Crippen LogP contribution in [0.25, 0.3) is 0 Å². The molecule has 166 valence electrons. The minimum atomic E-state index is -3.77. The Morgan fingerprint density at radius 1 is 1.03 bits per heavy atom. The fourth-order valence-corrected chi connectivity index (χ4v) is 4.52. The van der Waals surface area contributed by atoms with Gasteiger partial charge in [-0.25, -0.2) is 8.42 Å². The molecule has 1 heterocycles. The summed E-state index contributed by atoms with van der Waals surface area (Å²) in [6.07, 6.45) is 1.65. The minimum absolute atomic E-state index is 0.0463. The number of piperidine rings is 1. The Morgan fingerprint density at radius 3 is 2.19 bits per heavy atom. The third-order valence-electron chi connectivity index (χ3n) is 5.30. The van der Waals surface area contributed by atoms with Crippen LogP contribution in [-0.4, -0.2) is 51.9 Å². The lowest BCUT2D eigenvalue weighted by molar-refractivity contribution is -0.119. The third kappa shape index (κ3) is 5.97. The maximum atomic E-state index is 12.8. The van der Waals surface area contributed by atoms with Crippen molar-refractivity contribution in [1.82, 2.24) is 10.2 Å². The molecule has 1 aliphatic rings. The number of nitrogens with zero attached hydrogens (tertiary/aromatic N) is 1. The SMILES string of the molecule is COc1ccc(NS(=O)(=O)c2ccc(C(=O)N3CCC(CNC(C)=O)CC3)cc2)cc1. The highest BCUT2D eigenvalue weighted by atomic mass is 32.2. The number of methoxy groups -OCH3 is 1. The molecule has 0 unspecified atom stereocenters. The number of likely N-dealkylation sites (tertiary alicyclic amines) is 1. The first-order chi connectivity index (χ1) is 14.8. The van der Waals surface area contributed by atoms with E-state index in [4.69, 9.17) is 4.74 Å². The standard InChI is InChI=1S/C22H27N3O5S/c1-16(26)23-15-17-11-13-25(14-12-17)22(27)18-3-9-21(10-4-18)31(28,29)24-19-5-7-20(30-2)8-6-19/h3-10,17,24H,11-15H2,1-2H3,(H,23,26). The normalized spacial score (nSPS) is 14.7. The summed E-state index contributed by atoms with van der Waals surface area (Å²) in [5, 5.41) is 2.82. The molecule has 2 N–H and O–H groups in total. The predicted octanol–water partition coefficient (Wildman–Crippen LogP) is 2.48. The van der Waals surface area contributed by atoms with Crippen molar-refractivity contribution in [3.63, 3.8) is 0 Å². The number of sulfonamides is 1. The average molecular weight is 446 g/mol. The number of rotatable bonds is 7. The molecule has 0 bridgehead atoms. The molecular formula is C22H27N3O5S. The molecule has 2 aromatic carbocycles. The van der Waals surface area contributed by atoms with Crippen LogP contribution >= 0.6 is 0 Å². The van der Waals surface area contributed by atoms with E-state index in [0.29, 0.717) is 42.6 Å². The molecule has 8 nitrogen and oxygen atoms in total. The smallest absolute Gasteiger partial charge is 0.261 e. The topological polar surface area (TPSA) is 105 Å². The van der Waals surface area contributed by atoms with Crippen LogP contribution in [0.15, 0.2) is 53.4 Å². The number of ether oxygens (including phenoxy) is 1. The van der Waals surface area contributed by atoms with E-state index >= 15 is 0 Å². The summed E-state index contributed by atoms with van der Waals surface area (Å²) in [6, 6.07) is 12.5. The number of anilines is 1. The average Bonchev–Trinajstić information content (AvgIpc) is 2.78. The Hall–Kier alpha value is -3.07.